The number of fused-ring (bicyclic) bond motifs is 2. The standard InChI is InChI=1S/C32H41FO6/c1-5-9-14-22(7-3)20-36-31(34)38-29-24-16-11-12-17-25(24)30(28-26(29)18-13-19-27(28)33)39-32(35)37-21-23(8-4)15-10-6-2/h11-13,16-19,22-23H,5-10,14-15,20-21H2,1-4H3. The number of ether oxygens (including phenoxy) is 4. The monoisotopic (exact) mass is 540 g/mol. The fourth-order valence-electron chi connectivity index (χ4n) is 4.71. The minimum absolute atomic E-state index is 0.0247. The zero-order valence-corrected chi connectivity index (χ0v) is 23.6. The lowest BCUT2D eigenvalue weighted by atomic mass is 10.00. The molecule has 0 aliphatic carbocycles. The van der Waals surface area contributed by atoms with E-state index in [4.69, 9.17) is 18.9 Å². The Morgan fingerprint density at radius 3 is 1.69 bits per heavy atom. The number of unbranched alkanes of at least 4 members (excludes halogenated alkanes) is 2. The summed E-state index contributed by atoms with van der Waals surface area (Å²) in [6, 6.07) is 11.3. The van der Waals surface area contributed by atoms with Crippen molar-refractivity contribution >= 4 is 33.9 Å². The fraction of sp³-hybridized carbons (Fsp3) is 0.500. The fourth-order valence-corrected chi connectivity index (χ4v) is 4.71. The van der Waals surface area contributed by atoms with Gasteiger partial charge < -0.3 is 18.9 Å². The van der Waals surface area contributed by atoms with Crippen molar-refractivity contribution in [3.05, 3.63) is 48.3 Å². The Kier molecular flexibility index (Phi) is 11.8. The van der Waals surface area contributed by atoms with Crippen molar-refractivity contribution in [3.63, 3.8) is 0 Å². The predicted octanol–water partition coefficient (Wildman–Crippen LogP) is 9.60. The van der Waals surface area contributed by atoms with E-state index in [1.807, 2.05) is 0 Å². The summed E-state index contributed by atoms with van der Waals surface area (Å²) in [5.41, 5.74) is 0. The van der Waals surface area contributed by atoms with Crippen LogP contribution >= 0.6 is 0 Å². The van der Waals surface area contributed by atoms with Gasteiger partial charge in [0.2, 0.25) is 0 Å². The van der Waals surface area contributed by atoms with Crippen LogP contribution in [-0.2, 0) is 9.47 Å². The minimum atomic E-state index is -0.898. The largest absolute Gasteiger partial charge is 0.513 e. The maximum Gasteiger partial charge on any atom is 0.513 e. The third-order valence-corrected chi connectivity index (χ3v) is 7.23. The average Bonchev–Trinajstić information content (AvgIpc) is 2.95. The number of hydrogen-bond donors (Lipinski definition) is 0. The van der Waals surface area contributed by atoms with Gasteiger partial charge in [-0.3, -0.25) is 0 Å². The summed E-state index contributed by atoms with van der Waals surface area (Å²) in [6.07, 6.45) is 6.21. The summed E-state index contributed by atoms with van der Waals surface area (Å²) >= 11 is 0. The summed E-state index contributed by atoms with van der Waals surface area (Å²) in [6.45, 7) is 8.86. The average molecular weight is 541 g/mol. The normalized spacial score (nSPS) is 12.7. The van der Waals surface area contributed by atoms with Gasteiger partial charge in [-0.15, -0.1) is 0 Å². The predicted molar refractivity (Wildman–Crippen MR) is 152 cm³/mol. The lowest BCUT2D eigenvalue weighted by molar-refractivity contribution is 0.0805. The molecule has 212 valence electrons. The van der Waals surface area contributed by atoms with Crippen molar-refractivity contribution in [1.82, 2.24) is 0 Å². The van der Waals surface area contributed by atoms with Crippen LogP contribution in [0.15, 0.2) is 42.5 Å². The molecule has 2 atom stereocenters. The minimum Gasteiger partial charge on any atom is -0.434 e. The molecule has 3 aromatic rings. The van der Waals surface area contributed by atoms with Gasteiger partial charge in [-0.05, 0) is 30.7 Å². The van der Waals surface area contributed by atoms with E-state index in [-0.39, 0.29) is 41.9 Å². The number of halogens is 1. The molecule has 7 heteroatoms. The molecule has 0 saturated heterocycles. The van der Waals surface area contributed by atoms with Crippen LogP contribution in [0.4, 0.5) is 14.0 Å². The second-order valence-electron chi connectivity index (χ2n) is 10.0. The molecule has 3 rings (SSSR count). The van der Waals surface area contributed by atoms with Crippen LogP contribution in [-0.4, -0.2) is 25.5 Å². The van der Waals surface area contributed by atoms with Crippen LogP contribution in [0.5, 0.6) is 11.5 Å². The van der Waals surface area contributed by atoms with Gasteiger partial charge in [-0.25, -0.2) is 14.0 Å². The number of benzene rings is 3. The van der Waals surface area contributed by atoms with E-state index >= 15 is 4.39 Å². The molecule has 0 aliphatic rings. The lowest BCUT2D eigenvalue weighted by Crippen LogP contribution is -2.18. The number of rotatable bonds is 14. The lowest BCUT2D eigenvalue weighted by Gasteiger charge is -2.18. The highest BCUT2D eigenvalue weighted by atomic mass is 19.1. The summed E-state index contributed by atoms with van der Waals surface area (Å²) < 4.78 is 37.5. The smallest absolute Gasteiger partial charge is 0.434 e. The van der Waals surface area contributed by atoms with Gasteiger partial charge in [0.25, 0.3) is 0 Å². The molecule has 0 N–H and O–H groups in total. The molecule has 2 unspecified atom stereocenters. The van der Waals surface area contributed by atoms with Crippen LogP contribution in [0.1, 0.15) is 79.1 Å². The van der Waals surface area contributed by atoms with Gasteiger partial charge in [-0.1, -0.05) is 103 Å². The molecule has 0 spiro atoms. The molecule has 0 bridgehead atoms. The molecule has 0 aliphatic heterocycles. The quantitative estimate of drug-likeness (QED) is 0.115. The highest BCUT2D eigenvalue weighted by Gasteiger charge is 2.24. The molecular weight excluding hydrogens is 499 g/mol. The second kappa shape index (κ2) is 15.3. The molecule has 6 nitrogen and oxygen atoms in total. The van der Waals surface area contributed by atoms with E-state index in [9.17, 15) is 9.59 Å². The van der Waals surface area contributed by atoms with E-state index in [2.05, 4.69) is 27.7 Å². The number of hydrogen-bond acceptors (Lipinski definition) is 6. The van der Waals surface area contributed by atoms with Crippen LogP contribution in [0, 0.1) is 17.7 Å². The zero-order chi connectivity index (χ0) is 28.2. The van der Waals surface area contributed by atoms with Crippen molar-refractivity contribution in [2.75, 3.05) is 13.2 Å². The summed E-state index contributed by atoms with van der Waals surface area (Å²) in [7, 11) is 0. The van der Waals surface area contributed by atoms with Crippen molar-refractivity contribution in [2.24, 2.45) is 11.8 Å². The van der Waals surface area contributed by atoms with E-state index in [0.29, 0.717) is 16.2 Å². The van der Waals surface area contributed by atoms with E-state index < -0.39 is 18.1 Å². The van der Waals surface area contributed by atoms with Crippen molar-refractivity contribution in [2.45, 2.75) is 79.1 Å². The SMILES string of the molecule is CCCCC(CC)COC(=O)Oc1c2ccccc2c(OC(=O)OCC(CC)CCCC)c2c(F)cccc12. The molecule has 3 aromatic carbocycles. The first kappa shape index (κ1) is 30.2. The summed E-state index contributed by atoms with van der Waals surface area (Å²) in [4.78, 5) is 25.5. The topological polar surface area (TPSA) is 71.1 Å². The molecule has 0 amide bonds. The van der Waals surface area contributed by atoms with Gasteiger partial charge in [-0.2, -0.15) is 0 Å². The highest BCUT2D eigenvalue weighted by molar-refractivity contribution is 6.12. The molecular formula is C32H41FO6. The zero-order valence-electron chi connectivity index (χ0n) is 23.6. The Balaban J connectivity index is 1.90. The Bertz CT molecular complexity index is 1240. The first-order valence-corrected chi connectivity index (χ1v) is 14.2. The molecule has 0 fully saturated rings. The Labute approximate surface area is 230 Å². The van der Waals surface area contributed by atoms with Crippen LogP contribution in [0.25, 0.3) is 21.5 Å². The van der Waals surface area contributed by atoms with E-state index in [1.165, 1.54) is 12.1 Å². The Hall–Kier alpha value is -3.35. The van der Waals surface area contributed by atoms with Gasteiger partial charge in [0.05, 0.1) is 18.6 Å². The van der Waals surface area contributed by atoms with Crippen LogP contribution in [0.3, 0.4) is 0 Å². The molecule has 0 radical (unpaired) electrons. The first-order valence-electron chi connectivity index (χ1n) is 14.2. The Morgan fingerprint density at radius 2 is 1.18 bits per heavy atom. The van der Waals surface area contributed by atoms with Crippen molar-refractivity contribution in [3.8, 4) is 11.5 Å². The highest BCUT2D eigenvalue weighted by Crippen LogP contribution is 2.44. The maximum absolute atomic E-state index is 15.3. The number of carbonyl (C=O) groups is 2. The second-order valence-corrected chi connectivity index (χ2v) is 10.0. The van der Waals surface area contributed by atoms with E-state index in [1.54, 1.807) is 30.3 Å². The van der Waals surface area contributed by atoms with Gasteiger partial charge >= 0.3 is 12.3 Å². The molecule has 0 aromatic heterocycles. The maximum atomic E-state index is 15.3. The summed E-state index contributed by atoms with van der Waals surface area (Å²) in [5, 5.41) is 1.23. The van der Waals surface area contributed by atoms with Gasteiger partial charge in [0.1, 0.15) is 5.82 Å². The number of carbonyl (C=O) groups excluding carboxylic acids is 2. The first-order chi connectivity index (χ1) is 18.9. The van der Waals surface area contributed by atoms with Crippen molar-refractivity contribution in [1.29, 1.82) is 0 Å². The van der Waals surface area contributed by atoms with Gasteiger partial charge in [0, 0.05) is 16.2 Å². The van der Waals surface area contributed by atoms with Gasteiger partial charge in [0.15, 0.2) is 11.5 Å². The van der Waals surface area contributed by atoms with Crippen LogP contribution in [0.2, 0.25) is 0 Å². The molecule has 39 heavy (non-hydrogen) atoms. The van der Waals surface area contributed by atoms with Crippen LogP contribution < -0.4 is 9.47 Å². The third kappa shape index (κ3) is 8.07. The Morgan fingerprint density at radius 1 is 0.692 bits per heavy atom. The molecule has 0 saturated carbocycles. The van der Waals surface area contributed by atoms with Crippen molar-refractivity contribution < 1.29 is 32.9 Å². The van der Waals surface area contributed by atoms with E-state index in [0.717, 1.165) is 51.4 Å². The third-order valence-electron chi connectivity index (χ3n) is 7.23. The summed E-state index contributed by atoms with van der Waals surface area (Å²) in [5.74, 6) is 0.0484. The molecule has 0 heterocycles.